The van der Waals surface area contributed by atoms with Crippen molar-refractivity contribution in [2.45, 2.75) is 17.7 Å². The molecule has 0 radical (unpaired) electrons. The lowest BCUT2D eigenvalue weighted by Crippen LogP contribution is -2.34. The van der Waals surface area contributed by atoms with E-state index in [0.717, 1.165) is 12.8 Å². The molecule has 0 saturated carbocycles. The predicted molar refractivity (Wildman–Crippen MR) is 134 cm³/mol. The summed E-state index contributed by atoms with van der Waals surface area (Å²) in [6, 6.07) is 21.2. The van der Waals surface area contributed by atoms with Crippen LogP contribution in [0.2, 0.25) is 0 Å². The molecule has 0 aromatic heterocycles. The second kappa shape index (κ2) is 9.84. The van der Waals surface area contributed by atoms with Crippen molar-refractivity contribution in [3.8, 4) is 11.5 Å². The van der Waals surface area contributed by atoms with Gasteiger partial charge in [-0.3, -0.25) is 9.52 Å². The van der Waals surface area contributed by atoms with Crippen LogP contribution in [0, 0.1) is 0 Å². The molecule has 0 bridgehead atoms. The minimum absolute atomic E-state index is 0.0781. The van der Waals surface area contributed by atoms with E-state index >= 15 is 0 Å². The van der Waals surface area contributed by atoms with Crippen LogP contribution in [0.4, 0.5) is 5.69 Å². The maximum absolute atomic E-state index is 13.0. The van der Waals surface area contributed by atoms with Crippen LogP contribution in [0.15, 0.2) is 83.8 Å². The van der Waals surface area contributed by atoms with Crippen molar-refractivity contribution in [2.24, 2.45) is 0 Å². The van der Waals surface area contributed by atoms with Gasteiger partial charge < -0.3 is 14.4 Å². The molecule has 0 unspecified atom stereocenters. The van der Waals surface area contributed by atoms with Crippen LogP contribution in [0.25, 0.3) is 5.57 Å². The number of fused-ring (bicyclic) bond motifs is 1. The molecule has 7 nitrogen and oxygen atoms in total. The highest BCUT2D eigenvalue weighted by atomic mass is 32.2. The van der Waals surface area contributed by atoms with Crippen molar-refractivity contribution in [3.05, 3.63) is 90.0 Å². The van der Waals surface area contributed by atoms with Crippen molar-refractivity contribution >= 4 is 27.2 Å². The fraction of sp³-hybridized carbons (Fsp3) is 0.222. The van der Waals surface area contributed by atoms with Crippen LogP contribution in [0.5, 0.6) is 11.5 Å². The van der Waals surface area contributed by atoms with E-state index in [-0.39, 0.29) is 10.8 Å². The molecule has 1 N–H and O–H groups in total. The van der Waals surface area contributed by atoms with Crippen LogP contribution in [0.3, 0.4) is 0 Å². The molecule has 0 atom stereocenters. The van der Waals surface area contributed by atoms with Gasteiger partial charge in [0.25, 0.3) is 15.9 Å². The number of carbonyl (C=O) groups is 1. The minimum atomic E-state index is -3.83. The van der Waals surface area contributed by atoms with E-state index in [1.54, 1.807) is 35.2 Å². The molecular weight excluding hydrogens is 464 g/mol. The highest BCUT2D eigenvalue weighted by Crippen LogP contribution is 2.32. The number of hydrogen-bond acceptors (Lipinski definition) is 5. The topological polar surface area (TPSA) is 84.9 Å². The summed E-state index contributed by atoms with van der Waals surface area (Å²) in [7, 11) is -3.83. The Morgan fingerprint density at radius 3 is 2.34 bits per heavy atom. The van der Waals surface area contributed by atoms with Gasteiger partial charge in [-0.2, -0.15) is 0 Å². The van der Waals surface area contributed by atoms with Crippen molar-refractivity contribution in [2.75, 3.05) is 31.0 Å². The Morgan fingerprint density at radius 1 is 0.886 bits per heavy atom. The predicted octanol–water partition coefficient (Wildman–Crippen LogP) is 4.58. The number of sulfonamides is 1. The maximum Gasteiger partial charge on any atom is 0.262 e. The van der Waals surface area contributed by atoms with Crippen LogP contribution in [-0.2, 0) is 10.0 Å². The zero-order chi connectivity index (χ0) is 24.3. The summed E-state index contributed by atoms with van der Waals surface area (Å²) in [5.41, 5.74) is 3.32. The lowest BCUT2D eigenvalue weighted by Gasteiger charge is -2.27. The van der Waals surface area contributed by atoms with Gasteiger partial charge in [0.05, 0.1) is 18.1 Å². The van der Waals surface area contributed by atoms with Gasteiger partial charge in [-0.15, -0.1) is 0 Å². The molecule has 8 heteroatoms. The summed E-state index contributed by atoms with van der Waals surface area (Å²) >= 11 is 0. The van der Waals surface area contributed by atoms with Crippen molar-refractivity contribution in [3.63, 3.8) is 0 Å². The fourth-order valence-corrected chi connectivity index (χ4v) is 5.23. The molecule has 180 valence electrons. The smallest absolute Gasteiger partial charge is 0.262 e. The van der Waals surface area contributed by atoms with E-state index in [9.17, 15) is 13.2 Å². The molecule has 2 aliphatic rings. The zero-order valence-electron chi connectivity index (χ0n) is 19.1. The summed E-state index contributed by atoms with van der Waals surface area (Å²) < 4.78 is 39.5. The molecule has 0 fully saturated rings. The number of ether oxygens (including phenoxy) is 2. The maximum atomic E-state index is 13.0. The second-order valence-electron chi connectivity index (χ2n) is 8.44. The first kappa shape index (κ1) is 23.0. The SMILES string of the molecule is O=C(c1ccc(NS(=O)(=O)c2ccc3c(c2)OCCCO3)cc1)N1CC=C(c2ccccc2)CC1. The minimum Gasteiger partial charge on any atom is -0.490 e. The van der Waals surface area contributed by atoms with Gasteiger partial charge in [0.15, 0.2) is 11.5 Å². The van der Waals surface area contributed by atoms with E-state index < -0.39 is 10.0 Å². The summed E-state index contributed by atoms with van der Waals surface area (Å²) in [5.74, 6) is 0.871. The Kier molecular flexibility index (Phi) is 6.46. The molecule has 5 rings (SSSR count). The summed E-state index contributed by atoms with van der Waals surface area (Å²) in [5, 5.41) is 0. The van der Waals surface area contributed by atoms with Crippen LogP contribution in [0.1, 0.15) is 28.8 Å². The third-order valence-corrected chi connectivity index (χ3v) is 7.43. The van der Waals surface area contributed by atoms with Gasteiger partial charge in [0.1, 0.15) is 0 Å². The van der Waals surface area contributed by atoms with Crippen LogP contribution < -0.4 is 14.2 Å². The van der Waals surface area contributed by atoms with Crippen molar-refractivity contribution in [1.29, 1.82) is 0 Å². The Morgan fingerprint density at radius 2 is 1.63 bits per heavy atom. The van der Waals surface area contributed by atoms with E-state index in [4.69, 9.17) is 9.47 Å². The molecular formula is C27H26N2O5S. The Balaban J connectivity index is 1.25. The Labute approximate surface area is 205 Å². The average molecular weight is 491 g/mol. The van der Waals surface area contributed by atoms with Crippen molar-refractivity contribution < 1.29 is 22.7 Å². The number of amides is 1. The number of hydrogen-bond donors (Lipinski definition) is 1. The number of benzene rings is 3. The summed E-state index contributed by atoms with van der Waals surface area (Å²) in [6.45, 7) is 2.18. The molecule has 0 saturated heterocycles. The number of carbonyl (C=O) groups excluding carboxylic acids is 1. The van der Waals surface area contributed by atoms with Crippen LogP contribution in [-0.4, -0.2) is 45.5 Å². The van der Waals surface area contributed by atoms with Crippen LogP contribution >= 0.6 is 0 Å². The van der Waals surface area contributed by atoms with E-state index in [1.165, 1.54) is 23.3 Å². The molecule has 1 amide bonds. The number of nitrogens with zero attached hydrogens (tertiary/aromatic N) is 1. The van der Waals surface area contributed by atoms with E-state index in [1.807, 2.05) is 18.2 Å². The van der Waals surface area contributed by atoms with E-state index in [0.29, 0.717) is 49.1 Å². The van der Waals surface area contributed by atoms with Gasteiger partial charge in [-0.05, 0) is 54.0 Å². The molecule has 3 aromatic rings. The lowest BCUT2D eigenvalue weighted by molar-refractivity contribution is 0.0773. The lowest BCUT2D eigenvalue weighted by atomic mass is 9.99. The van der Waals surface area contributed by atoms with Crippen molar-refractivity contribution in [1.82, 2.24) is 4.90 Å². The molecule has 3 aromatic carbocycles. The first-order valence-electron chi connectivity index (χ1n) is 11.6. The van der Waals surface area contributed by atoms with Gasteiger partial charge >= 0.3 is 0 Å². The highest BCUT2D eigenvalue weighted by molar-refractivity contribution is 7.92. The first-order valence-corrected chi connectivity index (χ1v) is 13.0. The zero-order valence-corrected chi connectivity index (χ0v) is 20.0. The second-order valence-corrected chi connectivity index (χ2v) is 10.1. The summed E-state index contributed by atoms with van der Waals surface area (Å²) in [6.07, 6.45) is 3.62. The molecule has 0 aliphatic carbocycles. The average Bonchev–Trinajstić information content (AvgIpc) is 3.14. The highest BCUT2D eigenvalue weighted by Gasteiger charge is 2.21. The molecule has 2 aliphatic heterocycles. The molecule has 35 heavy (non-hydrogen) atoms. The van der Waals surface area contributed by atoms with E-state index in [2.05, 4.69) is 22.9 Å². The van der Waals surface area contributed by atoms with Gasteiger partial charge in [-0.25, -0.2) is 8.42 Å². The normalized spacial score (nSPS) is 15.7. The number of anilines is 1. The largest absolute Gasteiger partial charge is 0.490 e. The molecule has 2 heterocycles. The van der Waals surface area contributed by atoms with Gasteiger partial charge in [0, 0.05) is 36.8 Å². The number of rotatable bonds is 5. The fourth-order valence-electron chi connectivity index (χ4n) is 4.16. The monoisotopic (exact) mass is 490 g/mol. The van der Waals surface area contributed by atoms with Gasteiger partial charge in [0.2, 0.25) is 0 Å². The first-order chi connectivity index (χ1) is 17.0. The standard InChI is InChI=1S/C27H26N2O5S/c30-27(29-15-13-21(14-16-29)20-5-2-1-3-6-20)22-7-9-23(10-8-22)28-35(31,32)24-11-12-25-26(19-24)34-18-4-17-33-25/h1-3,5-13,19,28H,4,14-18H2. The Bertz CT molecular complexity index is 1350. The van der Waals surface area contributed by atoms with Gasteiger partial charge in [-0.1, -0.05) is 36.4 Å². The number of nitrogens with one attached hydrogen (secondary N) is 1. The third-order valence-electron chi connectivity index (χ3n) is 6.05. The molecule has 0 spiro atoms. The Hall–Kier alpha value is -3.78. The quantitative estimate of drug-likeness (QED) is 0.566. The third kappa shape index (κ3) is 5.17. The summed E-state index contributed by atoms with van der Waals surface area (Å²) in [4.78, 5) is 14.8.